The molecule has 4 heteroatoms. The SMILES string of the molecule is CC(C)C1CC1NC(=O)Nc1cccc(N)c1. The minimum atomic E-state index is -0.149. The maximum absolute atomic E-state index is 11.7. The highest BCUT2D eigenvalue weighted by Gasteiger charge is 2.40. The number of rotatable bonds is 3. The summed E-state index contributed by atoms with van der Waals surface area (Å²) in [6, 6.07) is 7.35. The molecule has 1 saturated carbocycles. The first-order chi connectivity index (χ1) is 8.06. The van der Waals surface area contributed by atoms with Crippen molar-refractivity contribution in [1.29, 1.82) is 0 Å². The quantitative estimate of drug-likeness (QED) is 0.702. The standard InChI is InChI=1S/C13H19N3O/c1-8(2)11-7-12(11)16-13(17)15-10-5-3-4-9(14)6-10/h3-6,8,11-12H,7,14H2,1-2H3,(H2,15,16,17). The van der Waals surface area contributed by atoms with Crippen LogP contribution in [-0.2, 0) is 0 Å². The minimum absolute atomic E-state index is 0.149. The van der Waals surface area contributed by atoms with Gasteiger partial charge in [-0.05, 0) is 36.5 Å². The summed E-state index contributed by atoms with van der Waals surface area (Å²) < 4.78 is 0. The maximum atomic E-state index is 11.7. The zero-order chi connectivity index (χ0) is 12.4. The van der Waals surface area contributed by atoms with Gasteiger partial charge in [-0.3, -0.25) is 0 Å². The highest BCUT2D eigenvalue weighted by Crippen LogP contribution is 2.37. The van der Waals surface area contributed by atoms with E-state index in [2.05, 4.69) is 24.5 Å². The predicted octanol–water partition coefficient (Wildman–Crippen LogP) is 2.43. The molecule has 0 aromatic heterocycles. The summed E-state index contributed by atoms with van der Waals surface area (Å²) in [5.74, 6) is 1.26. The first-order valence-electron chi connectivity index (χ1n) is 5.99. The van der Waals surface area contributed by atoms with Crippen molar-refractivity contribution in [3.63, 3.8) is 0 Å². The maximum Gasteiger partial charge on any atom is 0.319 e. The number of urea groups is 1. The Hall–Kier alpha value is -1.71. The Morgan fingerprint density at radius 3 is 2.82 bits per heavy atom. The molecule has 4 N–H and O–H groups in total. The predicted molar refractivity (Wildman–Crippen MR) is 69.7 cm³/mol. The van der Waals surface area contributed by atoms with Gasteiger partial charge in [0.1, 0.15) is 0 Å². The fraction of sp³-hybridized carbons (Fsp3) is 0.462. The Labute approximate surface area is 102 Å². The molecule has 2 unspecified atom stereocenters. The monoisotopic (exact) mass is 233 g/mol. The van der Waals surface area contributed by atoms with E-state index in [4.69, 9.17) is 5.73 Å². The van der Waals surface area contributed by atoms with E-state index >= 15 is 0 Å². The number of nitrogen functional groups attached to an aromatic ring is 1. The molecular formula is C13H19N3O. The van der Waals surface area contributed by atoms with Gasteiger partial charge in [-0.1, -0.05) is 19.9 Å². The van der Waals surface area contributed by atoms with Crippen LogP contribution in [0.4, 0.5) is 16.2 Å². The van der Waals surface area contributed by atoms with Crippen molar-refractivity contribution in [3.05, 3.63) is 24.3 Å². The third-order valence-corrected chi connectivity index (χ3v) is 3.16. The highest BCUT2D eigenvalue weighted by molar-refractivity contribution is 5.90. The Kier molecular flexibility index (Phi) is 3.22. The molecule has 92 valence electrons. The summed E-state index contributed by atoms with van der Waals surface area (Å²) in [5.41, 5.74) is 7.01. The van der Waals surface area contributed by atoms with Crippen LogP contribution in [0.3, 0.4) is 0 Å². The number of anilines is 2. The number of carbonyl (C=O) groups is 1. The molecule has 1 aliphatic rings. The summed E-state index contributed by atoms with van der Waals surface area (Å²) in [7, 11) is 0. The van der Waals surface area contributed by atoms with Crippen molar-refractivity contribution < 1.29 is 4.79 Å². The summed E-state index contributed by atoms with van der Waals surface area (Å²) in [4.78, 5) is 11.7. The van der Waals surface area contributed by atoms with Gasteiger partial charge in [0.2, 0.25) is 0 Å². The second-order valence-electron chi connectivity index (χ2n) is 4.97. The molecule has 0 bridgehead atoms. The second-order valence-corrected chi connectivity index (χ2v) is 4.97. The number of nitrogens with two attached hydrogens (primary N) is 1. The van der Waals surface area contributed by atoms with Crippen molar-refractivity contribution in [2.24, 2.45) is 11.8 Å². The van der Waals surface area contributed by atoms with E-state index in [1.54, 1.807) is 12.1 Å². The molecule has 17 heavy (non-hydrogen) atoms. The van der Waals surface area contributed by atoms with Crippen LogP contribution in [0, 0.1) is 11.8 Å². The summed E-state index contributed by atoms with van der Waals surface area (Å²) >= 11 is 0. The van der Waals surface area contributed by atoms with E-state index in [-0.39, 0.29) is 6.03 Å². The number of carbonyl (C=O) groups excluding carboxylic acids is 1. The van der Waals surface area contributed by atoms with E-state index in [1.165, 1.54) is 0 Å². The van der Waals surface area contributed by atoms with Crippen LogP contribution < -0.4 is 16.4 Å². The van der Waals surface area contributed by atoms with Crippen molar-refractivity contribution >= 4 is 17.4 Å². The smallest absolute Gasteiger partial charge is 0.319 e. The van der Waals surface area contributed by atoms with Gasteiger partial charge >= 0.3 is 6.03 Å². The molecule has 0 saturated heterocycles. The Bertz CT molecular complexity index is 417. The van der Waals surface area contributed by atoms with Gasteiger partial charge in [-0.15, -0.1) is 0 Å². The molecule has 1 fully saturated rings. The number of hydrogen-bond donors (Lipinski definition) is 3. The van der Waals surface area contributed by atoms with Gasteiger partial charge in [0, 0.05) is 17.4 Å². The normalized spacial score (nSPS) is 22.3. The van der Waals surface area contributed by atoms with Crippen LogP contribution in [0.2, 0.25) is 0 Å². The molecule has 2 atom stereocenters. The fourth-order valence-corrected chi connectivity index (χ4v) is 2.07. The average Bonchev–Trinajstić information content (AvgIpc) is 2.96. The van der Waals surface area contributed by atoms with Gasteiger partial charge < -0.3 is 16.4 Å². The lowest BCUT2D eigenvalue weighted by molar-refractivity contribution is 0.251. The molecule has 2 amide bonds. The van der Waals surface area contributed by atoms with Gasteiger partial charge in [-0.25, -0.2) is 4.79 Å². The first-order valence-corrected chi connectivity index (χ1v) is 5.99. The van der Waals surface area contributed by atoms with Gasteiger partial charge in [0.25, 0.3) is 0 Å². The number of amides is 2. The van der Waals surface area contributed by atoms with Gasteiger partial charge in [-0.2, -0.15) is 0 Å². The Balaban J connectivity index is 1.82. The summed E-state index contributed by atoms with van der Waals surface area (Å²) in [6.45, 7) is 4.37. The van der Waals surface area contributed by atoms with E-state index in [9.17, 15) is 4.79 Å². The van der Waals surface area contributed by atoms with E-state index < -0.39 is 0 Å². The number of nitrogens with one attached hydrogen (secondary N) is 2. The van der Waals surface area contributed by atoms with Crippen LogP contribution in [0.5, 0.6) is 0 Å². The first kappa shape index (κ1) is 11.8. The molecule has 0 heterocycles. The third-order valence-electron chi connectivity index (χ3n) is 3.16. The van der Waals surface area contributed by atoms with Crippen LogP contribution >= 0.6 is 0 Å². The fourth-order valence-electron chi connectivity index (χ4n) is 2.07. The average molecular weight is 233 g/mol. The summed E-state index contributed by atoms with van der Waals surface area (Å²) in [5, 5.41) is 5.75. The molecule has 0 aliphatic heterocycles. The molecule has 0 spiro atoms. The largest absolute Gasteiger partial charge is 0.399 e. The van der Waals surface area contributed by atoms with Crippen LogP contribution in [0.25, 0.3) is 0 Å². The highest BCUT2D eigenvalue weighted by atomic mass is 16.2. The molecule has 1 aromatic rings. The van der Waals surface area contributed by atoms with E-state index in [1.807, 2.05) is 12.1 Å². The van der Waals surface area contributed by atoms with Crippen LogP contribution in [0.1, 0.15) is 20.3 Å². The zero-order valence-electron chi connectivity index (χ0n) is 10.2. The van der Waals surface area contributed by atoms with E-state index in [0.717, 1.165) is 12.1 Å². The molecular weight excluding hydrogens is 214 g/mol. The van der Waals surface area contributed by atoms with Crippen molar-refractivity contribution in [3.8, 4) is 0 Å². The van der Waals surface area contributed by atoms with Gasteiger partial charge in [0.15, 0.2) is 0 Å². The Morgan fingerprint density at radius 1 is 1.47 bits per heavy atom. The lowest BCUT2D eigenvalue weighted by Crippen LogP contribution is -2.32. The lowest BCUT2D eigenvalue weighted by Gasteiger charge is -2.08. The van der Waals surface area contributed by atoms with E-state index in [0.29, 0.717) is 23.6 Å². The molecule has 0 radical (unpaired) electrons. The third kappa shape index (κ3) is 3.12. The second kappa shape index (κ2) is 4.65. The van der Waals surface area contributed by atoms with Crippen molar-refractivity contribution in [1.82, 2.24) is 5.32 Å². The Morgan fingerprint density at radius 2 is 2.24 bits per heavy atom. The minimum Gasteiger partial charge on any atom is -0.399 e. The number of benzene rings is 1. The molecule has 4 nitrogen and oxygen atoms in total. The van der Waals surface area contributed by atoms with Crippen molar-refractivity contribution in [2.75, 3.05) is 11.1 Å². The topological polar surface area (TPSA) is 67.2 Å². The number of hydrogen-bond acceptors (Lipinski definition) is 2. The van der Waals surface area contributed by atoms with Crippen LogP contribution in [-0.4, -0.2) is 12.1 Å². The lowest BCUT2D eigenvalue weighted by atomic mass is 10.1. The molecule has 1 aliphatic carbocycles. The molecule has 2 rings (SSSR count). The summed E-state index contributed by atoms with van der Waals surface area (Å²) in [6.07, 6.45) is 1.09. The molecule has 1 aromatic carbocycles. The van der Waals surface area contributed by atoms with Crippen LogP contribution in [0.15, 0.2) is 24.3 Å². The van der Waals surface area contributed by atoms with Gasteiger partial charge in [0.05, 0.1) is 0 Å². The van der Waals surface area contributed by atoms with Crippen molar-refractivity contribution in [2.45, 2.75) is 26.3 Å². The zero-order valence-corrected chi connectivity index (χ0v) is 10.2.